The van der Waals surface area contributed by atoms with Gasteiger partial charge in [-0.25, -0.2) is 0 Å². The van der Waals surface area contributed by atoms with E-state index in [0.29, 0.717) is 0 Å². The van der Waals surface area contributed by atoms with Gasteiger partial charge in [-0.05, 0) is 98.1 Å². The summed E-state index contributed by atoms with van der Waals surface area (Å²) in [4.78, 5) is 2.70. The van der Waals surface area contributed by atoms with Gasteiger partial charge < -0.3 is 0 Å². The third kappa shape index (κ3) is 3.49. The van der Waals surface area contributed by atoms with Crippen LogP contribution in [0.3, 0.4) is 0 Å². The maximum absolute atomic E-state index is 2.52. The summed E-state index contributed by atoms with van der Waals surface area (Å²) >= 11 is 1.89. The fraction of sp³-hybridized carbons (Fsp3) is 0.150. The van der Waals surface area contributed by atoms with Crippen molar-refractivity contribution in [2.75, 3.05) is 0 Å². The Morgan fingerprint density at radius 1 is 0.439 bits per heavy atom. The zero-order chi connectivity index (χ0) is 27.0. The van der Waals surface area contributed by atoms with Gasteiger partial charge in [-0.3, -0.25) is 0 Å². The lowest BCUT2D eigenvalue weighted by Crippen LogP contribution is -2.28. The Hall–Kier alpha value is -4.07. The minimum atomic E-state index is 0.197. The highest BCUT2D eigenvalue weighted by Crippen LogP contribution is 2.56. The van der Waals surface area contributed by atoms with Gasteiger partial charge >= 0.3 is 0 Å². The van der Waals surface area contributed by atoms with Crippen molar-refractivity contribution >= 4 is 22.5 Å². The third-order valence-corrected chi connectivity index (χ3v) is 11.0. The minimum absolute atomic E-state index is 0.197. The fourth-order valence-electron chi connectivity index (χ4n) is 7.93. The van der Waals surface area contributed by atoms with Gasteiger partial charge in [0.05, 0.1) is 0 Å². The monoisotopic (exact) mass is 542 g/mol. The standard InChI is InChI=1S/C40H30S/c1-4-22-40(23-5-1)35-12-3-2-10-31(35)32-20-18-30(25-36(32)40)27-16-14-26(15-17-27)29-19-21-37-34(24-29)33-11-6-8-28-9-7-13-38(41-37)39(28)33/h2-3,6-21,24-25H,1,4-5,22-23H2. The van der Waals surface area contributed by atoms with Crippen LogP contribution in [0.4, 0.5) is 0 Å². The number of rotatable bonds is 2. The molecule has 41 heavy (non-hydrogen) atoms. The molecule has 9 rings (SSSR count). The van der Waals surface area contributed by atoms with E-state index in [1.807, 2.05) is 11.8 Å². The molecule has 1 heteroatoms. The molecule has 0 aromatic heterocycles. The maximum Gasteiger partial charge on any atom is 0.0215 e. The van der Waals surface area contributed by atoms with E-state index in [-0.39, 0.29) is 5.41 Å². The van der Waals surface area contributed by atoms with Gasteiger partial charge in [0.2, 0.25) is 0 Å². The largest absolute Gasteiger partial charge is 0.0888 e. The second-order valence-corrected chi connectivity index (χ2v) is 13.1. The first-order chi connectivity index (χ1) is 20.3. The molecule has 196 valence electrons. The summed E-state index contributed by atoms with van der Waals surface area (Å²) in [7, 11) is 0. The Morgan fingerprint density at radius 2 is 1.10 bits per heavy atom. The quantitative estimate of drug-likeness (QED) is 0.209. The highest BCUT2D eigenvalue weighted by atomic mass is 32.2. The van der Waals surface area contributed by atoms with Crippen molar-refractivity contribution in [3.8, 4) is 44.5 Å². The lowest BCUT2D eigenvalue weighted by atomic mass is 9.67. The third-order valence-electron chi connectivity index (χ3n) is 9.88. The van der Waals surface area contributed by atoms with Crippen molar-refractivity contribution in [2.24, 2.45) is 0 Å². The number of benzene rings is 6. The van der Waals surface area contributed by atoms with E-state index >= 15 is 0 Å². The number of fused-ring (bicyclic) bond motifs is 7. The predicted molar refractivity (Wildman–Crippen MR) is 174 cm³/mol. The molecule has 0 bridgehead atoms. The molecule has 6 aromatic carbocycles. The zero-order valence-electron chi connectivity index (χ0n) is 23.0. The number of hydrogen-bond donors (Lipinski definition) is 0. The fourth-order valence-corrected chi connectivity index (χ4v) is 9.06. The van der Waals surface area contributed by atoms with Gasteiger partial charge in [-0.15, -0.1) is 0 Å². The first kappa shape index (κ1) is 23.6. The van der Waals surface area contributed by atoms with E-state index in [1.54, 1.807) is 11.1 Å². The van der Waals surface area contributed by atoms with Gasteiger partial charge in [0.1, 0.15) is 0 Å². The lowest BCUT2D eigenvalue weighted by Gasteiger charge is -2.36. The molecule has 1 heterocycles. The molecule has 0 radical (unpaired) electrons. The van der Waals surface area contributed by atoms with Crippen LogP contribution in [0.15, 0.2) is 131 Å². The van der Waals surface area contributed by atoms with Gasteiger partial charge in [0.15, 0.2) is 0 Å². The molecule has 0 amide bonds. The zero-order valence-corrected chi connectivity index (χ0v) is 23.8. The van der Waals surface area contributed by atoms with Crippen LogP contribution >= 0.6 is 11.8 Å². The summed E-state index contributed by atoms with van der Waals surface area (Å²) in [5, 5.41) is 2.70. The Labute approximate surface area is 246 Å². The number of hydrogen-bond acceptors (Lipinski definition) is 1. The average Bonchev–Trinajstić information content (AvgIpc) is 3.30. The van der Waals surface area contributed by atoms with Crippen molar-refractivity contribution in [1.82, 2.24) is 0 Å². The van der Waals surface area contributed by atoms with Crippen LogP contribution in [-0.4, -0.2) is 0 Å². The molecule has 0 saturated heterocycles. The van der Waals surface area contributed by atoms with Gasteiger partial charge in [0, 0.05) is 20.6 Å². The molecule has 0 atom stereocenters. The molecule has 6 aromatic rings. The Morgan fingerprint density at radius 3 is 1.93 bits per heavy atom. The highest BCUT2D eigenvalue weighted by molar-refractivity contribution is 7.99. The van der Waals surface area contributed by atoms with E-state index in [0.717, 1.165) is 0 Å². The molecule has 1 saturated carbocycles. The first-order valence-electron chi connectivity index (χ1n) is 15.0. The second-order valence-electron chi connectivity index (χ2n) is 12.0. The van der Waals surface area contributed by atoms with E-state index < -0.39 is 0 Å². The van der Waals surface area contributed by atoms with Crippen LogP contribution in [0.25, 0.3) is 55.3 Å². The Kier molecular flexibility index (Phi) is 5.16. The molecule has 1 aliphatic heterocycles. The summed E-state index contributed by atoms with van der Waals surface area (Å²) in [6.45, 7) is 0. The summed E-state index contributed by atoms with van der Waals surface area (Å²) in [6.07, 6.45) is 6.56. The van der Waals surface area contributed by atoms with Crippen LogP contribution in [-0.2, 0) is 5.41 Å². The maximum atomic E-state index is 2.52. The van der Waals surface area contributed by atoms with Crippen LogP contribution in [0.1, 0.15) is 43.2 Å². The minimum Gasteiger partial charge on any atom is -0.0888 e. The van der Waals surface area contributed by atoms with Crippen molar-refractivity contribution in [3.63, 3.8) is 0 Å². The smallest absolute Gasteiger partial charge is 0.0215 e. The SMILES string of the molecule is c1ccc2c(c1)-c1ccc(-c3ccc(-c4ccc5c(c4)-c4cccc6cccc(c46)S5)cc3)cc1C21CCCCC1. The molecule has 1 fully saturated rings. The van der Waals surface area contributed by atoms with Crippen LogP contribution in [0.5, 0.6) is 0 Å². The normalized spacial score (nSPS) is 15.9. The molecular formula is C40H30S. The average molecular weight is 543 g/mol. The molecule has 3 aliphatic rings. The second kappa shape index (κ2) is 8.96. The molecule has 0 N–H and O–H groups in total. The van der Waals surface area contributed by atoms with Crippen molar-refractivity contribution in [2.45, 2.75) is 47.3 Å². The molecule has 1 spiro atoms. The van der Waals surface area contributed by atoms with E-state index in [4.69, 9.17) is 0 Å². The Balaban J connectivity index is 1.09. The van der Waals surface area contributed by atoms with Gasteiger partial charge in [-0.1, -0.05) is 128 Å². The summed E-state index contributed by atoms with van der Waals surface area (Å²) < 4.78 is 0. The van der Waals surface area contributed by atoms with Gasteiger partial charge in [0.25, 0.3) is 0 Å². The Bertz CT molecular complexity index is 1980. The van der Waals surface area contributed by atoms with Crippen LogP contribution in [0.2, 0.25) is 0 Å². The summed E-state index contributed by atoms with van der Waals surface area (Å²) in [5.74, 6) is 0. The first-order valence-corrected chi connectivity index (χ1v) is 15.8. The lowest BCUT2D eigenvalue weighted by molar-refractivity contribution is 0.353. The van der Waals surface area contributed by atoms with Crippen molar-refractivity contribution in [1.29, 1.82) is 0 Å². The molecule has 0 unspecified atom stereocenters. The molecule has 0 nitrogen and oxygen atoms in total. The van der Waals surface area contributed by atoms with Gasteiger partial charge in [-0.2, -0.15) is 0 Å². The van der Waals surface area contributed by atoms with Crippen molar-refractivity contribution < 1.29 is 0 Å². The van der Waals surface area contributed by atoms with E-state index in [1.165, 1.54) is 97.2 Å². The van der Waals surface area contributed by atoms with E-state index in [2.05, 4.69) is 121 Å². The summed E-state index contributed by atoms with van der Waals surface area (Å²) in [5.41, 5.74) is 14.1. The van der Waals surface area contributed by atoms with Crippen LogP contribution in [0, 0.1) is 0 Å². The topological polar surface area (TPSA) is 0 Å². The predicted octanol–water partition coefficient (Wildman–Crippen LogP) is 11.5. The molecular weight excluding hydrogens is 513 g/mol. The van der Waals surface area contributed by atoms with E-state index in [9.17, 15) is 0 Å². The molecule has 2 aliphatic carbocycles. The van der Waals surface area contributed by atoms with Crippen molar-refractivity contribution in [3.05, 3.63) is 132 Å². The summed E-state index contributed by atoms with van der Waals surface area (Å²) in [6, 6.07) is 46.0. The highest BCUT2D eigenvalue weighted by Gasteiger charge is 2.43. The van der Waals surface area contributed by atoms with Crippen LogP contribution < -0.4 is 0 Å².